The van der Waals surface area contributed by atoms with E-state index in [4.69, 9.17) is 0 Å². The number of aromatic nitrogens is 1. The predicted molar refractivity (Wildman–Crippen MR) is 66.8 cm³/mol. The van der Waals surface area contributed by atoms with Crippen LogP contribution >= 0.6 is 0 Å². The van der Waals surface area contributed by atoms with Crippen molar-refractivity contribution in [3.8, 4) is 0 Å². The predicted octanol–water partition coefficient (Wildman–Crippen LogP) is 1.44. The Morgan fingerprint density at radius 1 is 1.10 bits per heavy atom. The van der Waals surface area contributed by atoms with Gasteiger partial charge in [0.05, 0.1) is 9.79 Å². The highest BCUT2D eigenvalue weighted by Crippen LogP contribution is 2.20. The lowest BCUT2D eigenvalue weighted by Crippen LogP contribution is -2.14. The minimum Gasteiger partial charge on any atom is -0.362 e. The molecule has 0 aliphatic rings. The van der Waals surface area contributed by atoms with Crippen LogP contribution in [0.4, 0.5) is 9.70 Å². The zero-order valence-electron chi connectivity index (χ0n) is 10.1. The number of rotatable bonds is 4. The fraction of sp³-hybridized carbons (Fsp3) is 0.100. The normalized spacial score (nSPS) is 12.3. The molecule has 2 rings (SSSR count). The van der Waals surface area contributed by atoms with E-state index < -0.39 is 25.1 Å². The topological polar surface area (TPSA) is 106 Å². The summed E-state index contributed by atoms with van der Waals surface area (Å²) in [6.45, 7) is 1.59. The van der Waals surface area contributed by atoms with Crippen LogP contribution in [0.15, 0.2) is 44.8 Å². The molecule has 20 heavy (non-hydrogen) atoms. The zero-order chi connectivity index (χ0) is 15.0. The first-order valence-electron chi connectivity index (χ1n) is 5.19. The van der Waals surface area contributed by atoms with Crippen molar-refractivity contribution in [2.75, 3.05) is 4.72 Å². The van der Waals surface area contributed by atoms with Gasteiger partial charge in [-0.15, -0.1) is 3.89 Å². The van der Waals surface area contributed by atoms with E-state index in [-0.39, 0.29) is 10.7 Å². The monoisotopic (exact) mass is 320 g/mol. The van der Waals surface area contributed by atoms with Gasteiger partial charge in [0.15, 0.2) is 5.82 Å². The summed E-state index contributed by atoms with van der Waals surface area (Å²) in [5.41, 5.74) is 0.483. The third-order valence-electron chi connectivity index (χ3n) is 2.39. The third-order valence-corrected chi connectivity index (χ3v) is 4.58. The molecular formula is C10H9FN2O5S2. The van der Waals surface area contributed by atoms with Crippen molar-refractivity contribution in [1.29, 1.82) is 0 Å². The van der Waals surface area contributed by atoms with E-state index in [9.17, 15) is 20.7 Å². The Morgan fingerprint density at radius 3 is 2.10 bits per heavy atom. The van der Waals surface area contributed by atoms with Crippen molar-refractivity contribution in [1.82, 2.24) is 5.16 Å². The molecule has 10 heteroatoms. The highest BCUT2D eigenvalue weighted by molar-refractivity contribution is 7.92. The molecule has 0 fully saturated rings. The third kappa shape index (κ3) is 2.96. The molecular weight excluding hydrogens is 311 g/mol. The summed E-state index contributed by atoms with van der Waals surface area (Å²) in [7, 11) is -8.82. The average Bonchev–Trinajstić information content (AvgIpc) is 2.73. The van der Waals surface area contributed by atoms with Gasteiger partial charge in [-0.05, 0) is 31.2 Å². The van der Waals surface area contributed by atoms with Gasteiger partial charge in [0.1, 0.15) is 6.26 Å². The SMILES string of the molecule is Cc1conc1NS(=O)(=O)c1ccc(S(=O)(=O)F)cc1. The van der Waals surface area contributed by atoms with Crippen molar-refractivity contribution in [3.63, 3.8) is 0 Å². The maximum absolute atomic E-state index is 12.7. The van der Waals surface area contributed by atoms with E-state index in [0.717, 1.165) is 24.3 Å². The first kappa shape index (κ1) is 14.5. The van der Waals surface area contributed by atoms with Gasteiger partial charge in [-0.3, -0.25) is 4.72 Å². The number of sulfonamides is 1. The van der Waals surface area contributed by atoms with E-state index >= 15 is 0 Å². The van der Waals surface area contributed by atoms with Crippen molar-refractivity contribution in [2.24, 2.45) is 0 Å². The summed E-state index contributed by atoms with van der Waals surface area (Å²) in [4.78, 5) is -0.846. The number of aryl methyl sites for hydroxylation is 1. The Kier molecular flexibility index (Phi) is 3.52. The van der Waals surface area contributed by atoms with Crippen LogP contribution < -0.4 is 4.72 Å². The summed E-state index contributed by atoms with van der Waals surface area (Å²) in [5, 5.41) is 3.46. The number of anilines is 1. The number of nitrogens with zero attached hydrogens (tertiary/aromatic N) is 1. The molecule has 7 nitrogen and oxygen atoms in total. The van der Waals surface area contributed by atoms with E-state index in [1.54, 1.807) is 6.92 Å². The van der Waals surface area contributed by atoms with Gasteiger partial charge in [-0.1, -0.05) is 5.16 Å². The number of halogens is 1. The molecule has 0 unspecified atom stereocenters. The maximum atomic E-state index is 12.7. The Balaban J connectivity index is 2.33. The molecule has 0 radical (unpaired) electrons. The molecule has 1 heterocycles. The molecule has 0 spiro atoms. The number of hydrogen-bond donors (Lipinski definition) is 1. The molecule has 0 saturated heterocycles. The fourth-order valence-electron chi connectivity index (χ4n) is 1.35. The second kappa shape index (κ2) is 4.87. The van der Waals surface area contributed by atoms with Crippen LogP contribution in [0.2, 0.25) is 0 Å². The van der Waals surface area contributed by atoms with Gasteiger partial charge in [0, 0.05) is 5.56 Å². The lowest BCUT2D eigenvalue weighted by Gasteiger charge is -2.05. The van der Waals surface area contributed by atoms with Crippen molar-refractivity contribution in [2.45, 2.75) is 16.7 Å². The zero-order valence-corrected chi connectivity index (χ0v) is 11.7. The number of benzene rings is 1. The molecule has 0 aliphatic heterocycles. The van der Waals surface area contributed by atoms with Crippen LogP contribution in [0, 0.1) is 6.92 Å². The molecule has 108 valence electrons. The maximum Gasteiger partial charge on any atom is 0.332 e. The van der Waals surface area contributed by atoms with Crippen LogP contribution in [-0.2, 0) is 20.2 Å². The van der Waals surface area contributed by atoms with E-state index in [0.29, 0.717) is 5.56 Å². The minimum atomic E-state index is -4.86. The summed E-state index contributed by atoms with van der Waals surface area (Å²) < 4.78 is 64.7. The second-order valence-electron chi connectivity index (χ2n) is 3.86. The average molecular weight is 320 g/mol. The summed E-state index contributed by atoms with van der Waals surface area (Å²) in [6.07, 6.45) is 1.26. The highest BCUT2D eigenvalue weighted by Gasteiger charge is 2.19. The fourth-order valence-corrected chi connectivity index (χ4v) is 2.88. The van der Waals surface area contributed by atoms with E-state index in [1.807, 2.05) is 0 Å². The molecule has 0 atom stereocenters. The molecule has 0 saturated carbocycles. The molecule has 1 aromatic carbocycles. The van der Waals surface area contributed by atoms with Gasteiger partial charge in [0.2, 0.25) is 0 Å². The summed E-state index contributed by atoms with van der Waals surface area (Å²) in [6, 6.07) is 3.67. The lowest BCUT2D eigenvalue weighted by atomic mass is 10.4. The molecule has 0 amide bonds. The molecule has 1 aromatic heterocycles. The molecule has 0 aliphatic carbocycles. The lowest BCUT2D eigenvalue weighted by molar-refractivity contribution is 0.422. The number of nitrogens with one attached hydrogen (secondary N) is 1. The minimum absolute atomic E-state index is 0.0205. The van der Waals surface area contributed by atoms with Crippen molar-refractivity contribution < 1.29 is 25.2 Å². The summed E-state index contributed by atoms with van der Waals surface area (Å²) >= 11 is 0. The van der Waals surface area contributed by atoms with Crippen LogP contribution in [0.3, 0.4) is 0 Å². The van der Waals surface area contributed by atoms with Crippen molar-refractivity contribution in [3.05, 3.63) is 36.1 Å². The highest BCUT2D eigenvalue weighted by atomic mass is 32.3. The Bertz CT molecular complexity index is 825. The van der Waals surface area contributed by atoms with Gasteiger partial charge >= 0.3 is 10.2 Å². The Morgan fingerprint density at radius 2 is 1.65 bits per heavy atom. The Hall–Kier alpha value is -1.94. The second-order valence-corrected chi connectivity index (χ2v) is 6.89. The van der Waals surface area contributed by atoms with Gasteiger partial charge in [-0.25, -0.2) is 8.42 Å². The van der Waals surface area contributed by atoms with Crippen LogP contribution in [0.1, 0.15) is 5.56 Å². The van der Waals surface area contributed by atoms with Gasteiger partial charge in [-0.2, -0.15) is 8.42 Å². The smallest absolute Gasteiger partial charge is 0.332 e. The molecule has 0 bridgehead atoms. The van der Waals surface area contributed by atoms with Crippen LogP contribution in [-0.4, -0.2) is 22.0 Å². The van der Waals surface area contributed by atoms with Crippen LogP contribution in [0.5, 0.6) is 0 Å². The largest absolute Gasteiger partial charge is 0.362 e. The van der Waals surface area contributed by atoms with E-state index in [2.05, 4.69) is 14.4 Å². The number of hydrogen-bond acceptors (Lipinski definition) is 6. The van der Waals surface area contributed by atoms with Gasteiger partial charge in [0.25, 0.3) is 10.0 Å². The molecule has 2 aromatic rings. The van der Waals surface area contributed by atoms with Crippen molar-refractivity contribution >= 4 is 26.1 Å². The summed E-state index contributed by atoms with van der Waals surface area (Å²) in [5.74, 6) is 0.0205. The van der Waals surface area contributed by atoms with Gasteiger partial charge < -0.3 is 4.52 Å². The standard InChI is InChI=1S/C10H9FN2O5S2/c1-7-6-18-12-10(7)13-20(16,17)9-4-2-8(3-5-9)19(11,14)15/h2-6H,1H3,(H,12,13). The quantitative estimate of drug-likeness (QED) is 0.854. The molecule has 1 N–H and O–H groups in total. The van der Waals surface area contributed by atoms with Crippen LogP contribution in [0.25, 0.3) is 0 Å². The Labute approximate surface area is 114 Å². The first-order valence-corrected chi connectivity index (χ1v) is 8.05. The van der Waals surface area contributed by atoms with E-state index in [1.165, 1.54) is 6.26 Å². The first-order chi connectivity index (χ1) is 9.20.